The molecule has 3 heteroatoms. The molecule has 0 fully saturated rings. The van der Waals surface area contributed by atoms with Crippen molar-refractivity contribution in [2.24, 2.45) is 7.05 Å². The number of rotatable bonds is 7. The van der Waals surface area contributed by atoms with Gasteiger partial charge in [-0.25, -0.2) is 0 Å². The molecule has 1 heterocycles. The second-order valence-corrected chi connectivity index (χ2v) is 3.60. The summed E-state index contributed by atoms with van der Waals surface area (Å²) >= 11 is 0. The van der Waals surface area contributed by atoms with E-state index in [-0.39, 0.29) is 0 Å². The maximum Gasteiger partial charge on any atom is 0.0492 e. The van der Waals surface area contributed by atoms with Crippen LogP contribution in [0.1, 0.15) is 25.5 Å². The minimum atomic E-state index is 1.06. The molecule has 0 aliphatic carbocycles. The van der Waals surface area contributed by atoms with Crippen LogP contribution in [0.2, 0.25) is 0 Å². The zero-order valence-electron chi connectivity index (χ0n) is 9.74. The molecule has 0 saturated heterocycles. The van der Waals surface area contributed by atoms with Gasteiger partial charge in [-0.05, 0) is 38.4 Å². The van der Waals surface area contributed by atoms with Crippen molar-refractivity contribution < 1.29 is 0 Å². The highest BCUT2D eigenvalue weighted by Crippen LogP contribution is 2.01. The van der Waals surface area contributed by atoms with Crippen LogP contribution in [-0.4, -0.2) is 22.9 Å². The summed E-state index contributed by atoms with van der Waals surface area (Å²) in [7, 11) is 1.99. The van der Waals surface area contributed by atoms with Crippen molar-refractivity contribution in [3.63, 3.8) is 0 Å². The van der Waals surface area contributed by atoms with E-state index in [1.54, 1.807) is 0 Å². The normalized spacial score (nSPS) is 11.3. The molecule has 84 valence electrons. The fourth-order valence-corrected chi connectivity index (χ4v) is 1.48. The van der Waals surface area contributed by atoms with Gasteiger partial charge in [-0.15, -0.1) is 0 Å². The van der Waals surface area contributed by atoms with Crippen LogP contribution < -0.4 is 5.32 Å². The summed E-state index contributed by atoms with van der Waals surface area (Å²) in [6.45, 7) is 4.27. The molecule has 1 rings (SSSR count). The first-order valence-corrected chi connectivity index (χ1v) is 5.67. The second kappa shape index (κ2) is 7.23. The number of hydrogen-bond acceptors (Lipinski definition) is 2. The second-order valence-electron chi connectivity index (χ2n) is 3.60. The maximum absolute atomic E-state index is 4.14. The van der Waals surface area contributed by atoms with Gasteiger partial charge in [-0.3, -0.25) is 4.68 Å². The van der Waals surface area contributed by atoms with E-state index in [0.717, 1.165) is 32.4 Å². The van der Waals surface area contributed by atoms with Crippen molar-refractivity contribution in [2.75, 3.05) is 13.1 Å². The van der Waals surface area contributed by atoms with Gasteiger partial charge in [0.15, 0.2) is 0 Å². The average Bonchev–Trinajstić information content (AvgIpc) is 2.63. The standard InChI is InChI=1S/C12H21N3/c1-3-13-10-7-5-4-6-8-12-9-11-14-15(12)2/h4-5,9,11,13H,3,6-8,10H2,1-2H3/b5-4+. The Morgan fingerprint density at radius 1 is 1.40 bits per heavy atom. The van der Waals surface area contributed by atoms with Crippen molar-refractivity contribution in [3.8, 4) is 0 Å². The number of hydrogen-bond donors (Lipinski definition) is 1. The van der Waals surface area contributed by atoms with E-state index in [2.05, 4.69) is 35.6 Å². The smallest absolute Gasteiger partial charge is 0.0492 e. The van der Waals surface area contributed by atoms with E-state index in [9.17, 15) is 0 Å². The predicted molar refractivity (Wildman–Crippen MR) is 63.8 cm³/mol. The fraction of sp³-hybridized carbons (Fsp3) is 0.583. The number of nitrogens with one attached hydrogen (secondary N) is 1. The maximum atomic E-state index is 4.14. The Balaban J connectivity index is 2.08. The van der Waals surface area contributed by atoms with Crippen LogP contribution in [0.4, 0.5) is 0 Å². The summed E-state index contributed by atoms with van der Waals surface area (Å²) in [5.41, 5.74) is 1.30. The van der Waals surface area contributed by atoms with Gasteiger partial charge < -0.3 is 5.32 Å². The van der Waals surface area contributed by atoms with Crippen molar-refractivity contribution in [1.82, 2.24) is 15.1 Å². The molecular formula is C12H21N3. The number of allylic oxidation sites excluding steroid dienone is 1. The molecular weight excluding hydrogens is 186 g/mol. The average molecular weight is 207 g/mol. The summed E-state index contributed by atoms with van der Waals surface area (Å²) in [6, 6.07) is 2.08. The van der Waals surface area contributed by atoms with Crippen LogP contribution in [0.25, 0.3) is 0 Å². The molecule has 1 aromatic heterocycles. The van der Waals surface area contributed by atoms with E-state index in [0.29, 0.717) is 0 Å². The highest BCUT2D eigenvalue weighted by Gasteiger charge is 1.94. The topological polar surface area (TPSA) is 29.9 Å². The molecule has 0 aliphatic rings. The molecule has 0 aliphatic heterocycles. The Kier molecular flexibility index (Phi) is 5.78. The SMILES string of the molecule is CCNCC/C=C/CCc1ccnn1C. The lowest BCUT2D eigenvalue weighted by atomic mass is 10.2. The Labute approximate surface area is 92.2 Å². The number of nitrogens with zero attached hydrogens (tertiary/aromatic N) is 2. The minimum absolute atomic E-state index is 1.06. The van der Waals surface area contributed by atoms with E-state index in [1.165, 1.54) is 5.69 Å². The van der Waals surface area contributed by atoms with Crippen LogP contribution >= 0.6 is 0 Å². The highest BCUT2D eigenvalue weighted by molar-refractivity contribution is 5.01. The molecule has 0 radical (unpaired) electrons. The predicted octanol–water partition coefficient (Wildman–Crippen LogP) is 1.91. The van der Waals surface area contributed by atoms with Crippen LogP contribution in [0.15, 0.2) is 24.4 Å². The van der Waals surface area contributed by atoms with Crippen molar-refractivity contribution in [1.29, 1.82) is 0 Å². The molecule has 0 aromatic carbocycles. The van der Waals surface area contributed by atoms with Gasteiger partial charge in [0, 0.05) is 18.9 Å². The summed E-state index contributed by atoms with van der Waals surface area (Å²) in [6.07, 6.45) is 9.66. The third-order valence-corrected chi connectivity index (χ3v) is 2.39. The first kappa shape index (κ1) is 12.0. The van der Waals surface area contributed by atoms with Gasteiger partial charge in [-0.2, -0.15) is 5.10 Å². The van der Waals surface area contributed by atoms with Gasteiger partial charge >= 0.3 is 0 Å². The third-order valence-electron chi connectivity index (χ3n) is 2.39. The van der Waals surface area contributed by atoms with Crippen LogP contribution in [0, 0.1) is 0 Å². The molecule has 3 nitrogen and oxygen atoms in total. The lowest BCUT2D eigenvalue weighted by Crippen LogP contribution is -2.12. The molecule has 15 heavy (non-hydrogen) atoms. The molecule has 1 aromatic rings. The Bertz CT molecular complexity index is 289. The van der Waals surface area contributed by atoms with Gasteiger partial charge in [0.1, 0.15) is 0 Å². The summed E-state index contributed by atoms with van der Waals surface area (Å²) in [4.78, 5) is 0. The lowest BCUT2D eigenvalue weighted by Gasteiger charge is -1.98. The van der Waals surface area contributed by atoms with E-state index in [4.69, 9.17) is 0 Å². The van der Waals surface area contributed by atoms with E-state index in [1.807, 2.05) is 17.9 Å². The summed E-state index contributed by atoms with van der Waals surface area (Å²) < 4.78 is 1.94. The minimum Gasteiger partial charge on any atom is -0.317 e. The number of aromatic nitrogens is 2. The van der Waals surface area contributed by atoms with Crippen LogP contribution in [-0.2, 0) is 13.5 Å². The Morgan fingerprint density at radius 3 is 2.87 bits per heavy atom. The lowest BCUT2D eigenvalue weighted by molar-refractivity contribution is 0.704. The van der Waals surface area contributed by atoms with Gasteiger partial charge in [0.25, 0.3) is 0 Å². The van der Waals surface area contributed by atoms with Gasteiger partial charge in [-0.1, -0.05) is 19.1 Å². The monoisotopic (exact) mass is 207 g/mol. The van der Waals surface area contributed by atoms with Crippen LogP contribution in [0.5, 0.6) is 0 Å². The van der Waals surface area contributed by atoms with Gasteiger partial charge in [0.05, 0.1) is 0 Å². The first-order valence-electron chi connectivity index (χ1n) is 5.67. The molecule has 0 atom stereocenters. The van der Waals surface area contributed by atoms with Crippen LogP contribution in [0.3, 0.4) is 0 Å². The zero-order chi connectivity index (χ0) is 10.9. The summed E-state index contributed by atoms with van der Waals surface area (Å²) in [5, 5.41) is 7.44. The quantitative estimate of drug-likeness (QED) is 0.547. The number of aryl methyl sites for hydroxylation is 2. The molecule has 0 amide bonds. The molecule has 0 saturated carbocycles. The summed E-state index contributed by atoms with van der Waals surface area (Å²) in [5.74, 6) is 0. The Morgan fingerprint density at radius 2 is 2.20 bits per heavy atom. The largest absolute Gasteiger partial charge is 0.317 e. The highest BCUT2D eigenvalue weighted by atomic mass is 15.2. The molecule has 0 spiro atoms. The Hall–Kier alpha value is -1.09. The first-order chi connectivity index (χ1) is 7.34. The van der Waals surface area contributed by atoms with Crippen molar-refractivity contribution >= 4 is 0 Å². The van der Waals surface area contributed by atoms with E-state index >= 15 is 0 Å². The molecule has 0 unspecified atom stereocenters. The third kappa shape index (κ3) is 4.79. The van der Waals surface area contributed by atoms with Crippen molar-refractivity contribution in [2.45, 2.75) is 26.2 Å². The zero-order valence-corrected chi connectivity index (χ0v) is 9.74. The fourth-order valence-electron chi connectivity index (χ4n) is 1.48. The molecule has 0 bridgehead atoms. The van der Waals surface area contributed by atoms with Crippen molar-refractivity contribution in [3.05, 3.63) is 30.1 Å². The molecule has 1 N–H and O–H groups in total. The van der Waals surface area contributed by atoms with E-state index < -0.39 is 0 Å². The van der Waals surface area contributed by atoms with Gasteiger partial charge in [0.2, 0.25) is 0 Å².